The lowest BCUT2D eigenvalue weighted by Crippen LogP contribution is -2.57. The van der Waals surface area contributed by atoms with Crippen LogP contribution in [0.15, 0.2) is 47.7 Å². The van der Waals surface area contributed by atoms with Crippen LogP contribution in [0.5, 0.6) is 0 Å². The van der Waals surface area contributed by atoms with Gasteiger partial charge in [0.15, 0.2) is 0 Å². The first kappa shape index (κ1) is 24.2. The lowest BCUT2D eigenvalue weighted by molar-refractivity contribution is -0.142. The van der Waals surface area contributed by atoms with Gasteiger partial charge in [0.1, 0.15) is 12.1 Å². The Hall–Kier alpha value is -3.47. The average Bonchev–Trinajstić information content (AvgIpc) is 3.24. The number of nitrogens with zero attached hydrogens (tertiary/aromatic N) is 7. The fourth-order valence-electron chi connectivity index (χ4n) is 5.18. The van der Waals surface area contributed by atoms with Crippen molar-refractivity contribution in [1.82, 2.24) is 29.2 Å². The Morgan fingerprint density at radius 2 is 1.78 bits per heavy atom. The normalized spacial score (nSPS) is 20.4. The number of aryl methyl sites for hydroxylation is 1. The largest absolute Gasteiger partial charge is 0.408 e. The van der Waals surface area contributed by atoms with Crippen LogP contribution in [0.1, 0.15) is 32.4 Å². The number of hydrogen-bond acceptors (Lipinski definition) is 6. The lowest BCUT2D eigenvalue weighted by Gasteiger charge is -2.47. The number of hydrogen-bond donors (Lipinski definition) is 0. The molecular formula is C25H28F3N7O. The smallest absolute Gasteiger partial charge is 0.364 e. The van der Waals surface area contributed by atoms with E-state index in [1.165, 1.54) is 16.8 Å². The molecule has 5 rings (SSSR count). The molecular weight excluding hydrogens is 471 g/mol. The molecule has 8 nitrogen and oxygen atoms in total. The zero-order chi connectivity index (χ0) is 25.8. The van der Waals surface area contributed by atoms with Gasteiger partial charge in [-0.05, 0) is 38.5 Å². The van der Waals surface area contributed by atoms with Gasteiger partial charge >= 0.3 is 6.18 Å². The molecule has 11 heteroatoms. The second kappa shape index (κ2) is 8.88. The Kier molecular flexibility index (Phi) is 5.98. The van der Waals surface area contributed by atoms with Crippen molar-refractivity contribution in [3.05, 3.63) is 58.8 Å². The molecule has 0 bridgehead atoms. The van der Waals surface area contributed by atoms with Gasteiger partial charge in [-0.25, -0.2) is 0 Å². The van der Waals surface area contributed by atoms with E-state index >= 15 is 0 Å². The van der Waals surface area contributed by atoms with Gasteiger partial charge in [-0.3, -0.25) is 24.3 Å². The summed E-state index contributed by atoms with van der Waals surface area (Å²) in [4.78, 5) is 26.0. The minimum absolute atomic E-state index is 0.00645. The van der Waals surface area contributed by atoms with Crippen molar-refractivity contribution in [2.24, 2.45) is 7.05 Å². The number of pyridine rings is 1. The van der Waals surface area contributed by atoms with E-state index < -0.39 is 12.7 Å². The maximum Gasteiger partial charge on any atom is 0.408 e. The van der Waals surface area contributed by atoms with Crippen LogP contribution in [-0.4, -0.2) is 60.6 Å². The fraction of sp³-hybridized carbons (Fsp3) is 0.440. The van der Waals surface area contributed by atoms with Gasteiger partial charge < -0.3 is 9.47 Å². The predicted octanol–water partition coefficient (Wildman–Crippen LogP) is 3.90. The highest BCUT2D eigenvalue weighted by Crippen LogP contribution is 2.33. The van der Waals surface area contributed by atoms with E-state index in [-0.39, 0.29) is 23.7 Å². The first-order valence-electron chi connectivity index (χ1n) is 11.9. The number of aromatic nitrogens is 5. The Labute approximate surface area is 206 Å². The third-order valence-electron chi connectivity index (χ3n) is 7.10. The van der Waals surface area contributed by atoms with Crippen LogP contribution in [0.3, 0.4) is 0 Å². The molecule has 1 aliphatic heterocycles. The molecule has 1 saturated heterocycles. The van der Waals surface area contributed by atoms with Crippen molar-refractivity contribution in [3.63, 3.8) is 0 Å². The molecule has 0 amide bonds. The summed E-state index contributed by atoms with van der Waals surface area (Å²) in [6, 6.07) is 7.84. The van der Waals surface area contributed by atoms with Crippen molar-refractivity contribution in [2.45, 2.75) is 51.6 Å². The summed E-state index contributed by atoms with van der Waals surface area (Å²) < 4.78 is 41.2. The van der Waals surface area contributed by atoms with Crippen LogP contribution in [-0.2, 0) is 13.6 Å². The van der Waals surface area contributed by atoms with Crippen molar-refractivity contribution < 1.29 is 13.2 Å². The molecule has 190 valence electrons. The summed E-state index contributed by atoms with van der Waals surface area (Å²) in [5, 5.41) is 4.23. The topological polar surface area (TPSA) is 72.1 Å². The van der Waals surface area contributed by atoms with E-state index in [4.69, 9.17) is 0 Å². The van der Waals surface area contributed by atoms with Gasteiger partial charge in [0.2, 0.25) is 0 Å². The number of rotatable bonds is 4. The first-order chi connectivity index (χ1) is 17.0. The molecule has 0 N–H and O–H groups in total. The molecule has 4 heterocycles. The molecule has 1 unspecified atom stereocenters. The number of halogens is 3. The summed E-state index contributed by atoms with van der Waals surface area (Å²) in [7, 11) is 1.55. The number of fused-ring (bicyclic) bond motifs is 2. The van der Waals surface area contributed by atoms with Crippen molar-refractivity contribution in [2.75, 3.05) is 18.0 Å². The highest BCUT2D eigenvalue weighted by molar-refractivity contribution is 5.88. The van der Waals surface area contributed by atoms with Crippen LogP contribution in [0, 0.1) is 0 Å². The molecule has 0 radical (unpaired) electrons. The van der Waals surface area contributed by atoms with E-state index in [1.54, 1.807) is 19.4 Å². The second-order valence-electron chi connectivity index (χ2n) is 9.63. The fourth-order valence-corrected chi connectivity index (χ4v) is 5.18. The van der Waals surface area contributed by atoms with E-state index in [0.717, 1.165) is 21.3 Å². The molecule has 0 spiro atoms. The Bertz CT molecular complexity index is 1480. The maximum absolute atomic E-state index is 13.0. The molecule has 0 saturated carbocycles. The number of anilines is 1. The SMILES string of the molecule is CC(c1ccc2nccnc2c1)N1C[C@H](C)N(c2cc(=O)n(C)c3cn(CC(F)(F)F)nc23)C[C@H]1C. The second-order valence-corrected chi connectivity index (χ2v) is 9.63. The van der Waals surface area contributed by atoms with Crippen LogP contribution in [0.25, 0.3) is 22.1 Å². The molecule has 1 fully saturated rings. The van der Waals surface area contributed by atoms with Crippen LogP contribution < -0.4 is 10.5 Å². The van der Waals surface area contributed by atoms with Gasteiger partial charge in [0, 0.05) is 62.9 Å². The zero-order valence-electron chi connectivity index (χ0n) is 20.6. The van der Waals surface area contributed by atoms with E-state index in [1.807, 2.05) is 6.07 Å². The van der Waals surface area contributed by atoms with E-state index in [0.29, 0.717) is 29.8 Å². The summed E-state index contributed by atoms with van der Waals surface area (Å²) in [5.41, 5.74) is 3.90. The number of piperazine rings is 1. The summed E-state index contributed by atoms with van der Waals surface area (Å²) >= 11 is 0. The average molecular weight is 500 g/mol. The molecule has 0 aliphatic carbocycles. The van der Waals surface area contributed by atoms with Gasteiger partial charge in [-0.1, -0.05) is 6.07 Å². The standard InChI is InChI=1S/C25H28F3N7O/c1-15-12-35(21-10-23(36)32(4)22-13-33(31-24(21)22)14-25(26,27)28)16(2)11-34(15)17(3)18-5-6-19-20(9-18)30-8-7-29-19/h5-10,13,15-17H,11-12,14H2,1-4H3/t15-,16+,17?/m1/s1. The summed E-state index contributed by atoms with van der Waals surface area (Å²) in [6.45, 7) is 6.45. The van der Waals surface area contributed by atoms with E-state index in [2.05, 4.69) is 57.8 Å². The maximum atomic E-state index is 13.0. The molecule has 1 aliphatic rings. The quantitative estimate of drug-likeness (QED) is 0.424. The summed E-state index contributed by atoms with van der Waals surface area (Å²) in [6.07, 6.45) is 0.247. The lowest BCUT2D eigenvalue weighted by atomic mass is 10.00. The minimum Gasteiger partial charge on any atom is -0.364 e. The molecule has 36 heavy (non-hydrogen) atoms. The Morgan fingerprint density at radius 1 is 1.06 bits per heavy atom. The van der Waals surface area contributed by atoms with Crippen molar-refractivity contribution in [1.29, 1.82) is 0 Å². The van der Waals surface area contributed by atoms with Gasteiger partial charge in [0.25, 0.3) is 5.56 Å². The van der Waals surface area contributed by atoms with Gasteiger partial charge in [-0.2, -0.15) is 18.3 Å². The molecule has 4 aromatic rings. The Balaban J connectivity index is 1.45. The van der Waals surface area contributed by atoms with Crippen LogP contribution in [0.4, 0.5) is 18.9 Å². The monoisotopic (exact) mass is 499 g/mol. The van der Waals surface area contributed by atoms with Crippen molar-refractivity contribution >= 4 is 27.8 Å². The third-order valence-corrected chi connectivity index (χ3v) is 7.10. The molecule has 1 aromatic carbocycles. The van der Waals surface area contributed by atoms with Gasteiger partial charge in [-0.15, -0.1) is 0 Å². The predicted molar refractivity (Wildman–Crippen MR) is 132 cm³/mol. The summed E-state index contributed by atoms with van der Waals surface area (Å²) in [5.74, 6) is 0. The zero-order valence-corrected chi connectivity index (χ0v) is 20.6. The number of benzene rings is 1. The van der Waals surface area contributed by atoms with Crippen molar-refractivity contribution in [3.8, 4) is 0 Å². The first-order valence-corrected chi connectivity index (χ1v) is 11.9. The minimum atomic E-state index is -4.40. The Morgan fingerprint density at radius 3 is 2.50 bits per heavy atom. The highest BCUT2D eigenvalue weighted by atomic mass is 19.4. The van der Waals surface area contributed by atoms with Crippen LogP contribution >= 0.6 is 0 Å². The number of alkyl halides is 3. The third kappa shape index (κ3) is 4.43. The van der Waals surface area contributed by atoms with E-state index in [9.17, 15) is 18.0 Å². The van der Waals surface area contributed by atoms with Crippen LogP contribution in [0.2, 0.25) is 0 Å². The van der Waals surface area contributed by atoms with Gasteiger partial charge in [0.05, 0.1) is 22.2 Å². The highest BCUT2D eigenvalue weighted by Gasteiger charge is 2.34. The molecule has 3 aromatic heterocycles. The molecule has 3 atom stereocenters.